The lowest BCUT2D eigenvalue weighted by atomic mass is 9.75. The maximum atomic E-state index is 2.46. The first-order valence-electron chi connectivity index (χ1n) is 27.8. The molecule has 392 valence electrons. The van der Waals surface area contributed by atoms with Gasteiger partial charge in [0.1, 0.15) is 0 Å². The molecule has 2 aliphatic heterocycles. The minimum absolute atomic E-state index is 0.268. The molecule has 0 N–H and O–H groups in total. The molecule has 8 aromatic rings. The average Bonchev–Trinajstić information content (AvgIpc) is 4.30. The summed E-state index contributed by atoms with van der Waals surface area (Å²) in [5.41, 5.74) is 15.1. The normalized spacial score (nSPS) is 18.1. The van der Waals surface area contributed by atoms with Crippen LogP contribution in [-0.4, -0.2) is 13.1 Å². The fraction of sp³-hybridized carbons (Fsp3) is 0.211. The molecule has 0 saturated carbocycles. The Morgan fingerprint density at radius 3 is 1.64 bits per heavy atom. The molecule has 0 spiro atoms. The molecule has 78 heavy (non-hydrogen) atoms. The van der Waals surface area contributed by atoms with Crippen molar-refractivity contribution < 1.29 is 0 Å². The molecule has 0 radical (unpaired) electrons. The summed E-state index contributed by atoms with van der Waals surface area (Å²) in [7, 11) is 0. The molecular weight excluding hydrogens is 1020 g/mol. The number of hydrogen-bond donors (Lipinski definition) is 0. The van der Waals surface area contributed by atoms with Crippen molar-refractivity contribution in [1.82, 2.24) is 0 Å². The second kappa shape index (κ2) is 24.1. The molecule has 2 aromatic heterocycles. The first kappa shape index (κ1) is 53.3. The number of nitrogens with zero attached hydrogens (tertiary/aromatic N) is 3. The number of benzene rings is 6. The highest BCUT2D eigenvalue weighted by Crippen LogP contribution is 2.49. The number of fused-ring (bicyclic) bond motifs is 4. The summed E-state index contributed by atoms with van der Waals surface area (Å²) in [6.45, 7) is 15.7. The van der Waals surface area contributed by atoms with E-state index in [2.05, 4.69) is 269 Å². The van der Waals surface area contributed by atoms with E-state index < -0.39 is 0 Å². The molecule has 7 heteroatoms. The fourth-order valence-electron chi connectivity index (χ4n) is 11.6. The highest BCUT2D eigenvalue weighted by Gasteiger charge is 2.29. The van der Waals surface area contributed by atoms with Gasteiger partial charge in [0, 0.05) is 53.4 Å². The molecule has 0 unspecified atom stereocenters. The van der Waals surface area contributed by atoms with E-state index in [9.17, 15) is 0 Å². The predicted molar refractivity (Wildman–Crippen MR) is 346 cm³/mol. The number of thioether (sulfide) groups is 2. The number of para-hydroxylation sites is 4. The first-order chi connectivity index (χ1) is 38.2. The van der Waals surface area contributed by atoms with Gasteiger partial charge in [0.25, 0.3) is 0 Å². The molecule has 0 saturated heterocycles. The summed E-state index contributed by atoms with van der Waals surface area (Å²) in [5.74, 6) is 0. The maximum absolute atomic E-state index is 2.46. The largest absolute Gasteiger partial charge is 0.335 e. The zero-order valence-electron chi connectivity index (χ0n) is 45.8. The summed E-state index contributed by atoms with van der Waals surface area (Å²) < 4.78 is 2.76. The number of allylic oxidation sites excluding steroid dienone is 11. The molecule has 12 rings (SSSR count). The summed E-state index contributed by atoms with van der Waals surface area (Å²) >= 11 is 7.58. The van der Waals surface area contributed by atoms with E-state index in [1.54, 1.807) is 0 Å². The van der Waals surface area contributed by atoms with Crippen molar-refractivity contribution in [3.05, 3.63) is 259 Å². The number of aryl methyl sites for hydroxylation is 2. The summed E-state index contributed by atoms with van der Waals surface area (Å²) in [5, 5.41) is 5.40. The number of hydrogen-bond acceptors (Lipinski definition) is 7. The van der Waals surface area contributed by atoms with Crippen molar-refractivity contribution in [3.8, 4) is 0 Å². The Kier molecular flexibility index (Phi) is 16.5. The molecule has 0 amide bonds. The van der Waals surface area contributed by atoms with Gasteiger partial charge in [-0.1, -0.05) is 179 Å². The van der Waals surface area contributed by atoms with E-state index in [0.717, 1.165) is 51.6 Å². The Bertz CT molecular complexity index is 3690. The van der Waals surface area contributed by atoms with E-state index in [4.69, 9.17) is 0 Å². The third kappa shape index (κ3) is 11.4. The van der Waals surface area contributed by atoms with Gasteiger partial charge < -0.3 is 14.7 Å². The molecule has 2 aliphatic carbocycles. The van der Waals surface area contributed by atoms with Gasteiger partial charge >= 0.3 is 0 Å². The van der Waals surface area contributed by atoms with Crippen molar-refractivity contribution >= 4 is 101 Å². The zero-order valence-corrected chi connectivity index (χ0v) is 49.1. The van der Waals surface area contributed by atoms with E-state index in [1.165, 1.54) is 112 Å². The highest BCUT2D eigenvalue weighted by atomic mass is 32.2. The number of thiophene rings is 2. The van der Waals surface area contributed by atoms with Crippen LogP contribution in [0.3, 0.4) is 0 Å². The lowest BCUT2D eigenvalue weighted by molar-refractivity contribution is 0.356. The quantitative estimate of drug-likeness (QED) is 0.113. The van der Waals surface area contributed by atoms with Gasteiger partial charge in [0.05, 0.1) is 27.1 Å². The second-order valence-corrected chi connectivity index (χ2v) is 25.2. The summed E-state index contributed by atoms with van der Waals surface area (Å²) in [4.78, 5) is 12.8. The topological polar surface area (TPSA) is 9.72 Å². The van der Waals surface area contributed by atoms with Gasteiger partial charge in [-0.25, -0.2) is 0 Å². The summed E-state index contributed by atoms with van der Waals surface area (Å²) in [6.07, 6.45) is 27.6. The number of rotatable bonds is 13. The van der Waals surface area contributed by atoms with E-state index in [1.807, 2.05) is 46.2 Å². The van der Waals surface area contributed by atoms with Crippen LogP contribution in [0.1, 0.15) is 88.1 Å². The monoisotopic (exact) mass is 1090 g/mol. The van der Waals surface area contributed by atoms with Gasteiger partial charge in [-0.3, -0.25) is 0 Å². The van der Waals surface area contributed by atoms with Gasteiger partial charge in [0.15, 0.2) is 0 Å². The van der Waals surface area contributed by atoms with Crippen molar-refractivity contribution in [2.45, 2.75) is 89.9 Å². The molecule has 0 fully saturated rings. The molecular formula is C71H69N3S4. The van der Waals surface area contributed by atoms with Crippen LogP contribution in [0.5, 0.6) is 0 Å². The Hall–Kier alpha value is -6.74. The van der Waals surface area contributed by atoms with Crippen molar-refractivity contribution in [1.29, 1.82) is 0 Å². The third-order valence-corrected chi connectivity index (χ3v) is 19.7. The second-order valence-electron chi connectivity index (χ2n) is 20.9. The minimum Gasteiger partial charge on any atom is -0.335 e. The summed E-state index contributed by atoms with van der Waals surface area (Å²) in [6, 6.07) is 56.7. The Balaban J connectivity index is 0.000000171. The zero-order chi connectivity index (χ0) is 53.6. The molecule has 4 aliphatic rings. The maximum Gasteiger partial charge on any atom is 0.0801 e. The molecule has 0 bridgehead atoms. The van der Waals surface area contributed by atoms with Crippen LogP contribution in [0.4, 0.5) is 22.7 Å². The Morgan fingerprint density at radius 2 is 1.05 bits per heavy atom. The van der Waals surface area contributed by atoms with Gasteiger partial charge in [-0.05, 0) is 187 Å². The Morgan fingerprint density at radius 1 is 0.526 bits per heavy atom. The third-order valence-electron chi connectivity index (χ3n) is 15.1. The van der Waals surface area contributed by atoms with Crippen LogP contribution in [0.2, 0.25) is 0 Å². The Labute approximate surface area is 480 Å². The fourth-order valence-corrected chi connectivity index (χ4v) is 16.3. The van der Waals surface area contributed by atoms with Crippen LogP contribution in [0, 0.1) is 5.41 Å². The van der Waals surface area contributed by atoms with Crippen molar-refractivity contribution in [2.75, 3.05) is 27.8 Å². The van der Waals surface area contributed by atoms with Gasteiger partial charge in [0.2, 0.25) is 0 Å². The number of anilines is 4. The minimum atomic E-state index is 0.268. The van der Waals surface area contributed by atoms with Crippen LogP contribution in [0.25, 0.3) is 32.3 Å². The average molecular weight is 1090 g/mol. The van der Waals surface area contributed by atoms with Crippen molar-refractivity contribution in [3.63, 3.8) is 0 Å². The lowest BCUT2D eigenvalue weighted by Gasteiger charge is -2.30. The van der Waals surface area contributed by atoms with Crippen LogP contribution in [-0.2, 0) is 12.8 Å². The molecule has 4 heterocycles. The molecule has 0 atom stereocenters. The van der Waals surface area contributed by atoms with Crippen LogP contribution in [0.15, 0.2) is 248 Å². The van der Waals surface area contributed by atoms with Gasteiger partial charge in [-0.15, -0.1) is 22.7 Å². The predicted octanol–water partition coefficient (Wildman–Crippen LogP) is 21.4. The van der Waals surface area contributed by atoms with E-state index >= 15 is 0 Å². The van der Waals surface area contributed by atoms with Crippen LogP contribution < -0.4 is 14.7 Å². The SMILES string of the molecule is CCc1c(/C=C2C=C(/C=C/C=C3\Sc4ccccc4N3CC)CC(C)(C)C/2)sc2ccccc12.CCc1c(/C=C\C2=C(N(c3ccccc3)c3ccccc3)C(=C/C=C3/Sc4ccccc4N3CC)CC2)sc2ccccc12. The van der Waals surface area contributed by atoms with Crippen LogP contribution >= 0.6 is 46.2 Å². The highest BCUT2D eigenvalue weighted by molar-refractivity contribution is 8.04. The smallest absolute Gasteiger partial charge is 0.0801 e. The van der Waals surface area contributed by atoms with E-state index in [0.29, 0.717) is 0 Å². The lowest BCUT2D eigenvalue weighted by Crippen LogP contribution is -2.18. The van der Waals surface area contributed by atoms with Crippen molar-refractivity contribution in [2.24, 2.45) is 5.41 Å². The molecule has 6 aromatic carbocycles. The standard InChI is InChI=1S/C40H36N2S2.C31H33NS2/c1-3-33-34-19-11-13-21-36(34)43-37(33)27-25-29-23-24-30(26-28-39-41(4-2)35-20-12-14-22-38(35)44-39)40(29)42(31-15-7-5-8-16-31)32-17-9-6-10-18-32;1-5-24-25-13-7-9-15-27(25)33-29(24)19-23-18-22(20-31(3,4)21-23)12-11-17-30-32(6-2)26-14-8-10-16-28(26)34-30/h5-22,25-28H,3-4,23-24H2,1-2H3;7-19H,5-6,20-21H2,1-4H3/b27-25-,30-26?,39-28+;12-11+,23-19-,30-17-. The van der Waals surface area contributed by atoms with E-state index in [-0.39, 0.29) is 5.41 Å². The molecule has 3 nitrogen and oxygen atoms in total. The first-order valence-corrected chi connectivity index (χ1v) is 31.1. The van der Waals surface area contributed by atoms with Gasteiger partial charge in [-0.2, -0.15) is 0 Å².